The number of hydrogen-bond donors (Lipinski definition) is 1. The summed E-state index contributed by atoms with van der Waals surface area (Å²) in [6.45, 7) is 0. The maximum atomic E-state index is 13.6. The number of nitrogens with zero attached hydrogens (tertiary/aromatic N) is 1. The van der Waals surface area contributed by atoms with E-state index in [9.17, 15) is 9.50 Å². The quantitative estimate of drug-likeness (QED) is 0.922. The van der Waals surface area contributed by atoms with Crippen molar-refractivity contribution in [2.24, 2.45) is 0 Å². The molecule has 2 rings (SSSR count). The minimum atomic E-state index is -0.696. The van der Waals surface area contributed by atoms with Crippen LogP contribution in [0.2, 0.25) is 5.02 Å². The van der Waals surface area contributed by atoms with Crippen LogP contribution < -0.4 is 4.74 Å². The zero-order valence-electron chi connectivity index (χ0n) is 11.0. The molecule has 0 spiro atoms. The maximum absolute atomic E-state index is 13.6. The lowest BCUT2D eigenvalue weighted by atomic mass is 10.0. The third-order valence-electron chi connectivity index (χ3n) is 2.94. The number of aromatic nitrogens is 1. The molecule has 0 fully saturated rings. The molecule has 1 unspecified atom stereocenters. The standard InChI is InChI=1S/C15H15ClFNO2/c1-20-15-5-2-10(9-18-15)6-13(19)8-11-7-12(16)3-4-14(11)17/h2-5,7,9,13,19H,6,8H2,1H3. The fourth-order valence-corrected chi connectivity index (χ4v) is 2.14. The van der Waals surface area contributed by atoms with Crippen LogP contribution in [0.3, 0.4) is 0 Å². The summed E-state index contributed by atoms with van der Waals surface area (Å²) in [5.74, 6) is 0.158. The minimum absolute atomic E-state index is 0.207. The van der Waals surface area contributed by atoms with Crippen LogP contribution in [0.15, 0.2) is 36.5 Å². The normalized spacial score (nSPS) is 12.2. The van der Waals surface area contributed by atoms with E-state index in [0.717, 1.165) is 5.56 Å². The summed E-state index contributed by atoms with van der Waals surface area (Å²) in [4.78, 5) is 4.06. The van der Waals surface area contributed by atoms with E-state index in [2.05, 4.69) is 4.98 Å². The third-order valence-corrected chi connectivity index (χ3v) is 3.18. The van der Waals surface area contributed by atoms with Crippen LogP contribution >= 0.6 is 11.6 Å². The van der Waals surface area contributed by atoms with Crippen molar-refractivity contribution in [2.45, 2.75) is 18.9 Å². The fraction of sp³-hybridized carbons (Fsp3) is 0.267. The largest absolute Gasteiger partial charge is 0.481 e. The molecule has 20 heavy (non-hydrogen) atoms. The van der Waals surface area contributed by atoms with Crippen LogP contribution in [-0.4, -0.2) is 23.3 Å². The van der Waals surface area contributed by atoms with Crippen LogP contribution in [0.25, 0.3) is 0 Å². The summed E-state index contributed by atoms with van der Waals surface area (Å²) in [5.41, 5.74) is 1.27. The molecule has 0 aliphatic heterocycles. The Labute approximate surface area is 122 Å². The highest BCUT2D eigenvalue weighted by atomic mass is 35.5. The molecule has 1 aromatic heterocycles. The molecule has 0 aliphatic rings. The van der Waals surface area contributed by atoms with Gasteiger partial charge in [-0.2, -0.15) is 0 Å². The molecular formula is C15H15ClFNO2. The van der Waals surface area contributed by atoms with Crippen molar-refractivity contribution in [2.75, 3.05) is 7.11 Å². The predicted octanol–water partition coefficient (Wildman–Crippen LogP) is 3.03. The van der Waals surface area contributed by atoms with Gasteiger partial charge in [0.1, 0.15) is 5.82 Å². The molecule has 5 heteroatoms. The molecule has 1 N–H and O–H groups in total. The Morgan fingerprint density at radius 2 is 2.10 bits per heavy atom. The van der Waals surface area contributed by atoms with Gasteiger partial charge in [0.25, 0.3) is 0 Å². The number of hydrogen-bond acceptors (Lipinski definition) is 3. The van der Waals surface area contributed by atoms with Crippen molar-refractivity contribution in [1.82, 2.24) is 4.98 Å². The molecule has 0 bridgehead atoms. The molecule has 0 amide bonds. The molecular weight excluding hydrogens is 281 g/mol. The number of benzene rings is 1. The van der Waals surface area contributed by atoms with E-state index in [1.807, 2.05) is 6.07 Å². The van der Waals surface area contributed by atoms with Gasteiger partial charge in [0.05, 0.1) is 13.2 Å². The first kappa shape index (κ1) is 14.8. The second kappa shape index (κ2) is 6.68. The molecule has 0 radical (unpaired) electrons. The number of pyridine rings is 1. The number of rotatable bonds is 5. The highest BCUT2D eigenvalue weighted by molar-refractivity contribution is 6.30. The van der Waals surface area contributed by atoms with Gasteiger partial charge in [-0.15, -0.1) is 0 Å². The molecule has 0 saturated carbocycles. The van der Waals surface area contributed by atoms with Crippen molar-refractivity contribution >= 4 is 11.6 Å². The summed E-state index contributed by atoms with van der Waals surface area (Å²) in [7, 11) is 1.54. The van der Waals surface area contributed by atoms with Crippen LogP contribution in [0.1, 0.15) is 11.1 Å². The van der Waals surface area contributed by atoms with Gasteiger partial charge in [-0.25, -0.2) is 9.37 Å². The first-order valence-electron chi connectivity index (χ1n) is 6.19. The highest BCUT2D eigenvalue weighted by Crippen LogP contribution is 2.18. The SMILES string of the molecule is COc1ccc(CC(O)Cc2cc(Cl)ccc2F)cn1. The van der Waals surface area contributed by atoms with E-state index in [-0.39, 0.29) is 12.2 Å². The summed E-state index contributed by atoms with van der Waals surface area (Å²) < 4.78 is 18.5. The van der Waals surface area contributed by atoms with Crippen molar-refractivity contribution in [3.05, 3.63) is 58.5 Å². The summed E-state index contributed by atoms with van der Waals surface area (Å²) in [5, 5.41) is 10.5. The number of methoxy groups -OCH3 is 1. The third kappa shape index (κ3) is 3.92. The van der Waals surface area contributed by atoms with Gasteiger partial charge >= 0.3 is 0 Å². The van der Waals surface area contributed by atoms with E-state index in [0.29, 0.717) is 22.9 Å². The summed E-state index contributed by atoms with van der Waals surface area (Å²) in [6.07, 6.45) is 1.54. The first-order chi connectivity index (χ1) is 9.58. The Morgan fingerprint density at radius 1 is 1.30 bits per heavy atom. The smallest absolute Gasteiger partial charge is 0.212 e. The fourth-order valence-electron chi connectivity index (χ4n) is 1.95. The van der Waals surface area contributed by atoms with Crippen molar-refractivity contribution in [3.63, 3.8) is 0 Å². The number of halogens is 2. The minimum Gasteiger partial charge on any atom is -0.481 e. The number of aliphatic hydroxyl groups is 1. The highest BCUT2D eigenvalue weighted by Gasteiger charge is 2.11. The van der Waals surface area contributed by atoms with Crippen molar-refractivity contribution in [1.29, 1.82) is 0 Å². The average Bonchev–Trinajstić information content (AvgIpc) is 2.43. The Bertz CT molecular complexity index is 575. The lowest BCUT2D eigenvalue weighted by molar-refractivity contribution is 0.174. The maximum Gasteiger partial charge on any atom is 0.212 e. The molecule has 0 saturated heterocycles. The van der Waals surface area contributed by atoms with Crippen LogP contribution in [0.4, 0.5) is 4.39 Å². The van der Waals surface area contributed by atoms with E-state index in [4.69, 9.17) is 16.3 Å². The van der Waals surface area contributed by atoms with Crippen LogP contribution in [0, 0.1) is 5.82 Å². The predicted molar refractivity (Wildman–Crippen MR) is 75.6 cm³/mol. The lowest BCUT2D eigenvalue weighted by Crippen LogP contribution is -2.15. The van der Waals surface area contributed by atoms with E-state index < -0.39 is 6.10 Å². The van der Waals surface area contributed by atoms with Gasteiger partial charge in [0.15, 0.2) is 0 Å². The molecule has 1 atom stereocenters. The molecule has 1 aromatic carbocycles. The lowest BCUT2D eigenvalue weighted by Gasteiger charge is -2.12. The van der Waals surface area contributed by atoms with Gasteiger partial charge in [-0.05, 0) is 29.3 Å². The average molecular weight is 296 g/mol. The van der Waals surface area contributed by atoms with Crippen LogP contribution in [-0.2, 0) is 12.8 Å². The molecule has 2 aromatic rings. The topological polar surface area (TPSA) is 42.4 Å². The van der Waals surface area contributed by atoms with Gasteiger partial charge in [0, 0.05) is 30.1 Å². The van der Waals surface area contributed by atoms with Gasteiger partial charge in [0.2, 0.25) is 5.88 Å². The zero-order chi connectivity index (χ0) is 14.5. The Hall–Kier alpha value is -1.65. The van der Waals surface area contributed by atoms with Gasteiger partial charge in [-0.1, -0.05) is 17.7 Å². The first-order valence-corrected chi connectivity index (χ1v) is 6.57. The Balaban J connectivity index is 2.00. The van der Waals surface area contributed by atoms with E-state index in [1.54, 1.807) is 19.4 Å². The molecule has 106 valence electrons. The number of aliphatic hydroxyl groups excluding tert-OH is 1. The molecule has 3 nitrogen and oxygen atoms in total. The molecule has 1 heterocycles. The van der Waals surface area contributed by atoms with Gasteiger partial charge in [-0.3, -0.25) is 0 Å². The second-order valence-electron chi connectivity index (χ2n) is 4.51. The zero-order valence-corrected chi connectivity index (χ0v) is 11.8. The summed E-state index contributed by atoms with van der Waals surface area (Å²) in [6, 6.07) is 7.87. The van der Waals surface area contributed by atoms with Crippen LogP contribution in [0.5, 0.6) is 5.88 Å². The van der Waals surface area contributed by atoms with Crippen molar-refractivity contribution in [3.8, 4) is 5.88 Å². The Morgan fingerprint density at radius 3 is 2.75 bits per heavy atom. The molecule has 0 aliphatic carbocycles. The van der Waals surface area contributed by atoms with E-state index in [1.165, 1.54) is 18.2 Å². The Kier molecular flexibility index (Phi) is 4.93. The number of ether oxygens (including phenoxy) is 1. The van der Waals surface area contributed by atoms with Gasteiger partial charge < -0.3 is 9.84 Å². The monoisotopic (exact) mass is 295 g/mol. The van der Waals surface area contributed by atoms with Crippen molar-refractivity contribution < 1.29 is 14.2 Å². The summed E-state index contributed by atoms with van der Waals surface area (Å²) >= 11 is 5.82. The second-order valence-corrected chi connectivity index (χ2v) is 4.94. The van der Waals surface area contributed by atoms with E-state index >= 15 is 0 Å².